The lowest BCUT2D eigenvalue weighted by molar-refractivity contribution is -0.122. The molecule has 0 aliphatic carbocycles. The molecule has 2 aromatic heterocycles. The molecule has 0 spiro atoms. The summed E-state index contributed by atoms with van der Waals surface area (Å²) < 4.78 is 7.67. The number of aromatic nitrogens is 2. The van der Waals surface area contributed by atoms with Gasteiger partial charge in [-0.1, -0.05) is 13.0 Å². The average Bonchev–Trinajstić information content (AvgIpc) is 3.15. The van der Waals surface area contributed by atoms with Crippen LogP contribution in [0.4, 0.5) is 4.79 Å². The van der Waals surface area contributed by atoms with Gasteiger partial charge in [-0.05, 0) is 43.2 Å². The van der Waals surface area contributed by atoms with Crippen molar-refractivity contribution in [2.75, 3.05) is 13.2 Å². The Morgan fingerprint density at radius 3 is 2.92 bits per heavy atom. The van der Waals surface area contributed by atoms with Crippen molar-refractivity contribution in [1.82, 2.24) is 14.3 Å². The van der Waals surface area contributed by atoms with Crippen molar-refractivity contribution in [2.45, 2.75) is 26.2 Å². The molecule has 1 fully saturated rings. The van der Waals surface area contributed by atoms with Crippen LogP contribution in [0.25, 0.3) is 5.65 Å². The average molecular weight is 382 g/mol. The molecule has 1 aliphatic heterocycles. The Labute approximate surface area is 156 Å². The van der Waals surface area contributed by atoms with E-state index in [0.29, 0.717) is 18.1 Å². The van der Waals surface area contributed by atoms with Crippen LogP contribution in [-0.2, 0) is 4.79 Å². The topological polar surface area (TPSA) is 63.9 Å². The van der Waals surface area contributed by atoms with Crippen LogP contribution in [0.15, 0.2) is 41.7 Å². The fourth-order valence-corrected chi connectivity index (χ4v) is 3.42. The molecule has 0 radical (unpaired) electrons. The molecule has 134 valence electrons. The first-order valence-corrected chi connectivity index (χ1v) is 8.80. The van der Waals surface area contributed by atoms with Crippen molar-refractivity contribution >= 4 is 41.0 Å². The van der Waals surface area contributed by atoms with Crippen LogP contribution in [0.5, 0.6) is 5.75 Å². The molecule has 0 atom stereocenters. The Bertz CT molecular complexity index is 790. The smallest absolute Gasteiger partial charge is 0.293 e. The maximum Gasteiger partial charge on any atom is 0.293 e. The number of thioether (sulfide) groups is 1. The lowest BCUT2D eigenvalue weighted by Gasteiger charge is -2.12. The van der Waals surface area contributed by atoms with Gasteiger partial charge in [0, 0.05) is 25.1 Å². The number of imidazole rings is 1. The van der Waals surface area contributed by atoms with E-state index in [2.05, 4.69) is 4.98 Å². The number of allylic oxidation sites excluding steroid dienone is 1. The van der Waals surface area contributed by atoms with E-state index >= 15 is 0 Å². The zero-order chi connectivity index (χ0) is 16.9. The lowest BCUT2D eigenvalue weighted by atomic mass is 10.3. The standard InChI is InChI=1S/C17H19N3O3S.ClH/c1-2-6-14-16(21)20(17(22)24-14)10-3-4-12-23-13-7-5-9-19-11-8-18-15(13)19;/h5-9,11H,2-4,10,12H2,1H3;1H. The molecule has 6 nitrogen and oxygen atoms in total. The third kappa shape index (κ3) is 4.35. The quantitative estimate of drug-likeness (QED) is 0.537. The minimum Gasteiger partial charge on any atom is -0.490 e. The van der Waals surface area contributed by atoms with Gasteiger partial charge in [-0.3, -0.25) is 14.5 Å². The number of nitrogens with zero attached hydrogens (tertiary/aromatic N) is 3. The predicted molar refractivity (Wildman–Crippen MR) is 100 cm³/mol. The van der Waals surface area contributed by atoms with Crippen LogP contribution < -0.4 is 4.74 Å². The van der Waals surface area contributed by atoms with E-state index < -0.39 is 0 Å². The SMILES string of the molecule is CCC=C1SC(=O)N(CCCCOc2cccn3ccnc23)C1=O.Cl. The Balaban J connectivity index is 0.00000225. The van der Waals surface area contributed by atoms with Crippen LogP contribution in [0.2, 0.25) is 0 Å². The highest BCUT2D eigenvalue weighted by atomic mass is 35.5. The third-order valence-corrected chi connectivity index (χ3v) is 4.64. The van der Waals surface area contributed by atoms with Crippen molar-refractivity contribution in [3.05, 3.63) is 41.7 Å². The first-order chi connectivity index (χ1) is 11.7. The molecule has 3 rings (SSSR count). The van der Waals surface area contributed by atoms with Gasteiger partial charge < -0.3 is 9.14 Å². The van der Waals surface area contributed by atoms with E-state index in [-0.39, 0.29) is 23.6 Å². The summed E-state index contributed by atoms with van der Waals surface area (Å²) in [5.41, 5.74) is 0.785. The van der Waals surface area contributed by atoms with Crippen molar-refractivity contribution in [1.29, 1.82) is 0 Å². The molecule has 1 aliphatic rings. The van der Waals surface area contributed by atoms with Crippen molar-refractivity contribution in [3.8, 4) is 5.75 Å². The summed E-state index contributed by atoms with van der Waals surface area (Å²) in [5, 5.41) is -0.178. The number of halogens is 1. The summed E-state index contributed by atoms with van der Waals surface area (Å²) in [6.07, 6.45) is 9.55. The number of rotatable bonds is 7. The molecular formula is C17H20ClN3O3S. The summed E-state index contributed by atoms with van der Waals surface area (Å²) in [4.78, 5) is 30.1. The summed E-state index contributed by atoms with van der Waals surface area (Å²) in [6, 6.07) is 3.79. The number of fused-ring (bicyclic) bond motifs is 1. The second kappa shape index (κ2) is 8.92. The molecule has 3 heterocycles. The molecular weight excluding hydrogens is 362 g/mol. The zero-order valence-electron chi connectivity index (χ0n) is 13.9. The lowest BCUT2D eigenvalue weighted by Crippen LogP contribution is -2.29. The first kappa shape index (κ1) is 19.3. The Kier molecular flexibility index (Phi) is 6.90. The number of hydrogen-bond donors (Lipinski definition) is 0. The van der Waals surface area contributed by atoms with E-state index in [1.54, 1.807) is 12.3 Å². The van der Waals surface area contributed by atoms with Crippen LogP contribution >= 0.6 is 24.2 Å². The zero-order valence-corrected chi connectivity index (χ0v) is 15.5. The first-order valence-electron chi connectivity index (χ1n) is 7.99. The van der Waals surface area contributed by atoms with Gasteiger partial charge in [0.15, 0.2) is 11.4 Å². The highest BCUT2D eigenvalue weighted by Crippen LogP contribution is 2.30. The molecule has 0 saturated carbocycles. The van der Waals surface area contributed by atoms with Gasteiger partial charge in [-0.2, -0.15) is 0 Å². The Hall–Kier alpha value is -1.99. The third-order valence-electron chi connectivity index (χ3n) is 3.68. The number of hydrogen-bond acceptors (Lipinski definition) is 5. The number of carbonyl (C=O) groups excluding carboxylic acids is 2. The van der Waals surface area contributed by atoms with Crippen LogP contribution in [0.1, 0.15) is 26.2 Å². The minimum absolute atomic E-state index is 0. The van der Waals surface area contributed by atoms with Gasteiger partial charge in [-0.25, -0.2) is 4.98 Å². The Morgan fingerprint density at radius 1 is 1.28 bits per heavy atom. The van der Waals surface area contributed by atoms with Crippen LogP contribution in [-0.4, -0.2) is 38.6 Å². The monoisotopic (exact) mass is 381 g/mol. The van der Waals surface area contributed by atoms with Gasteiger partial charge in [0.1, 0.15) is 0 Å². The van der Waals surface area contributed by atoms with Crippen molar-refractivity contribution in [3.63, 3.8) is 0 Å². The predicted octanol–water partition coefficient (Wildman–Crippen LogP) is 3.90. The molecule has 0 bridgehead atoms. The number of ether oxygens (including phenoxy) is 1. The summed E-state index contributed by atoms with van der Waals surface area (Å²) in [6.45, 7) is 2.90. The van der Waals surface area contributed by atoms with Gasteiger partial charge in [0.2, 0.25) is 0 Å². The van der Waals surface area contributed by atoms with Gasteiger partial charge in [-0.15, -0.1) is 12.4 Å². The Morgan fingerprint density at radius 2 is 2.12 bits per heavy atom. The van der Waals surface area contributed by atoms with E-state index in [9.17, 15) is 9.59 Å². The molecule has 0 N–H and O–H groups in total. The molecule has 1 saturated heterocycles. The highest BCUT2D eigenvalue weighted by molar-refractivity contribution is 8.18. The van der Waals surface area contributed by atoms with Gasteiger partial charge >= 0.3 is 0 Å². The normalized spacial score (nSPS) is 15.9. The fraction of sp³-hybridized carbons (Fsp3) is 0.353. The number of unbranched alkanes of at least 4 members (excludes halogenated alkanes) is 1. The second-order valence-electron chi connectivity index (χ2n) is 5.39. The molecule has 8 heteroatoms. The van der Waals surface area contributed by atoms with Crippen LogP contribution in [0, 0.1) is 0 Å². The van der Waals surface area contributed by atoms with Gasteiger partial charge in [0.25, 0.3) is 11.1 Å². The van der Waals surface area contributed by atoms with E-state index in [1.807, 2.05) is 35.9 Å². The van der Waals surface area contributed by atoms with Crippen molar-refractivity contribution in [2.24, 2.45) is 0 Å². The fourth-order valence-electron chi connectivity index (χ4n) is 2.50. The molecule has 2 aromatic rings. The van der Waals surface area contributed by atoms with E-state index in [1.165, 1.54) is 4.90 Å². The number of amides is 2. The number of imide groups is 1. The number of pyridine rings is 1. The maximum absolute atomic E-state index is 12.1. The largest absolute Gasteiger partial charge is 0.490 e. The summed E-state index contributed by atoms with van der Waals surface area (Å²) in [5.74, 6) is 0.564. The maximum atomic E-state index is 12.1. The van der Waals surface area contributed by atoms with E-state index in [4.69, 9.17) is 4.74 Å². The molecule has 0 aromatic carbocycles. The summed E-state index contributed by atoms with van der Waals surface area (Å²) in [7, 11) is 0. The number of carbonyl (C=O) groups is 2. The minimum atomic E-state index is -0.178. The molecule has 25 heavy (non-hydrogen) atoms. The summed E-state index contributed by atoms with van der Waals surface area (Å²) >= 11 is 1.03. The second-order valence-corrected chi connectivity index (χ2v) is 6.38. The van der Waals surface area contributed by atoms with Crippen LogP contribution in [0.3, 0.4) is 0 Å². The highest BCUT2D eigenvalue weighted by Gasteiger charge is 2.33. The molecule has 2 amide bonds. The van der Waals surface area contributed by atoms with Crippen molar-refractivity contribution < 1.29 is 14.3 Å². The molecule has 0 unspecified atom stereocenters. The van der Waals surface area contributed by atoms with Gasteiger partial charge in [0.05, 0.1) is 11.5 Å². The van der Waals surface area contributed by atoms with E-state index in [0.717, 1.165) is 42.4 Å².